The first-order valence-corrected chi connectivity index (χ1v) is 5.20. The second kappa shape index (κ2) is 5.44. The second-order valence-electron chi connectivity index (χ2n) is 3.74. The third kappa shape index (κ3) is 3.28. The molecular formula is C10H15N3O4. The molecule has 2 atom stereocenters. The minimum Gasteiger partial charge on any atom is -0.481 e. The summed E-state index contributed by atoms with van der Waals surface area (Å²) in [4.78, 5) is 28.2. The van der Waals surface area contributed by atoms with E-state index in [1.807, 2.05) is 0 Å². The van der Waals surface area contributed by atoms with Crippen molar-refractivity contribution >= 4 is 11.9 Å². The van der Waals surface area contributed by atoms with E-state index in [4.69, 9.17) is 15.9 Å². The van der Waals surface area contributed by atoms with Crippen molar-refractivity contribution in [1.82, 2.24) is 9.97 Å². The Labute approximate surface area is 97.7 Å². The Morgan fingerprint density at radius 3 is 2.59 bits per heavy atom. The van der Waals surface area contributed by atoms with Gasteiger partial charge in [-0.2, -0.15) is 0 Å². The van der Waals surface area contributed by atoms with Crippen molar-refractivity contribution in [2.45, 2.75) is 31.7 Å². The molecule has 0 aliphatic rings. The summed E-state index contributed by atoms with van der Waals surface area (Å²) >= 11 is 0. The summed E-state index contributed by atoms with van der Waals surface area (Å²) in [5.74, 6) is -2.44. The summed E-state index contributed by atoms with van der Waals surface area (Å²) in [5, 5.41) is 17.6. The van der Waals surface area contributed by atoms with Crippen molar-refractivity contribution in [1.29, 1.82) is 0 Å². The number of carbonyl (C=O) groups is 2. The van der Waals surface area contributed by atoms with Crippen molar-refractivity contribution < 1.29 is 19.8 Å². The number of aromatic nitrogens is 2. The minimum atomic E-state index is -1.11. The summed E-state index contributed by atoms with van der Waals surface area (Å²) in [7, 11) is 0. The van der Waals surface area contributed by atoms with Crippen LogP contribution < -0.4 is 5.73 Å². The molecule has 7 nitrogen and oxygen atoms in total. The van der Waals surface area contributed by atoms with E-state index in [0.717, 1.165) is 0 Å². The Balaban J connectivity index is 2.77. The Morgan fingerprint density at radius 1 is 1.47 bits per heavy atom. The molecule has 1 heterocycles. The predicted octanol–water partition coefficient (Wildman–Crippen LogP) is -0.0577. The first kappa shape index (κ1) is 13.2. The third-order valence-electron chi connectivity index (χ3n) is 2.44. The van der Waals surface area contributed by atoms with Gasteiger partial charge in [0.25, 0.3) is 0 Å². The third-order valence-corrected chi connectivity index (χ3v) is 2.44. The van der Waals surface area contributed by atoms with Crippen molar-refractivity contribution in [3.63, 3.8) is 0 Å². The fourth-order valence-electron chi connectivity index (χ4n) is 1.47. The number of aliphatic carboxylic acids is 2. The first-order valence-electron chi connectivity index (χ1n) is 5.20. The molecule has 0 bridgehead atoms. The molecule has 17 heavy (non-hydrogen) atoms. The van der Waals surface area contributed by atoms with Crippen LogP contribution in [0, 0.1) is 0 Å². The summed E-state index contributed by atoms with van der Waals surface area (Å²) in [6, 6.07) is -1.02. The molecule has 1 aromatic rings. The smallest absolute Gasteiger partial charge is 0.320 e. The number of H-pyrrole nitrogens is 1. The molecule has 0 amide bonds. The molecule has 7 heteroatoms. The maximum atomic E-state index is 10.9. The Kier molecular flexibility index (Phi) is 4.22. The highest BCUT2D eigenvalue weighted by Gasteiger charge is 2.21. The van der Waals surface area contributed by atoms with Gasteiger partial charge in [-0.1, -0.05) is 6.92 Å². The van der Waals surface area contributed by atoms with Crippen LogP contribution in [0.3, 0.4) is 0 Å². The van der Waals surface area contributed by atoms with Crippen LogP contribution in [0.4, 0.5) is 0 Å². The zero-order chi connectivity index (χ0) is 13.0. The van der Waals surface area contributed by atoms with E-state index in [0.29, 0.717) is 17.9 Å². The molecule has 0 aliphatic heterocycles. The van der Waals surface area contributed by atoms with Gasteiger partial charge in [-0.05, 0) is 6.42 Å². The standard InChI is InChI=1S/C10H15N3O4/c1-2-6(9(14)15)8-12-4-5(13-8)3-7(11)10(16)17/h4,6-7H,2-3,11H2,1H3,(H,12,13)(H,14,15)(H,16,17). The van der Waals surface area contributed by atoms with Crippen molar-refractivity contribution in [3.05, 3.63) is 17.7 Å². The van der Waals surface area contributed by atoms with Gasteiger partial charge in [0.2, 0.25) is 0 Å². The molecule has 0 saturated heterocycles. The first-order chi connectivity index (χ1) is 7.95. The van der Waals surface area contributed by atoms with Crippen LogP contribution in [0.25, 0.3) is 0 Å². The van der Waals surface area contributed by atoms with Crippen LogP contribution in [-0.4, -0.2) is 38.2 Å². The number of carboxylic acid groups (broad SMARTS) is 2. The number of imidazole rings is 1. The largest absolute Gasteiger partial charge is 0.481 e. The van der Waals surface area contributed by atoms with Crippen LogP contribution in [0.15, 0.2) is 6.20 Å². The van der Waals surface area contributed by atoms with E-state index in [-0.39, 0.29) is 6.42 Å². The van der Waals surface area contributed by atoms with E-state index in [1.165, 1.54) is 6.20 Å². The molecule has 0 fully saturated rings. The van der Waals surface area contributed by atoms with Gasteiger partial charge in [-0.15, -0.1) is 0 Å². The lowest BCUT2D eigenvalue weighted by molar-refractivity contribution is -0.139. The minimum absolute atomic E-state index is 0.0956. The number of aromatic amines is 1. The van der Waals surface area contributed by atoms with E-state index in [9.17, 15) is 9.59 Å². The molecular weight excluding hydrogens is 226 g/mol. The lowest BCUT2D eigenvalue weighted by Gasteiger charge is -2.06. The highest BCUT2D eigenvalue weighted by atomic mass is 16.4. The Bertz CT molecular complexity index is 415. The number of carboxylic acids is 2. The van der Waals surface area contributed by atoms with Crippen molar-refractivity contribution in [2.75, 3.05) is 0 Å². The molecule has 94 valence electrons. The van der Waals surface area contributed by atoms with Gasteiger partial charge in [0.15, 0.2) is 0 Å². The van der Waals surface area contributed by atoms with Crippen molar-refractivity contribution in [2.24, 2.45) is 5.73 Å². The number of nitrogens with two attached hydrogens (primary N) is 1. The van der Waals surface area contributed by atoms with Gasteiger partial charge in [0.05, 0.1) is 0 Å². The normalized spacial score (nSPS) is 14.2. The van der Waals surface area contributed by atoms with Gasteiger partial charge >= 0.3 is 11.9 Å². The number of hydrogen-bond acceptors (Lipinski definition) is 4. The summed E-state index contributed by atoms with van der Waals surface area (Å²) in [6.07, 6.45) is 1.93. The van der Waals surface area contributed by atoms with Crippen LogP contribution >= 0.6 is 0 Å². The monoisotopic (exact) mass is 241 g/mol. The lowest BCUT2D eigenvalue weighted by Crippen LogP contribution is -2.32. The topological polar surface area (TPSA) is 129 Å². The van der Waals surface area contributed by atoms with Crippen LogP contribution in [0.5, 0.6) is 0 Å². The lowest BCUT2D eigenvalue weighted by atomic mass is 10.1. The Hall–Kier alpha value is -1.89. The predicted molar refractivity (Wildman–Crippen MR) is 58.6 cm³/mol. The van der Waals surface area contributed by atoms with E-state index in [1.54, 1.807) is 6.92 Å². The van der Waals surface area contributed by atoms with Gasteiger partial charge in [-0.3, -0.25) is 9.59 Å². The summed E-state index contributed by atoms with van der Waals surface area (Å²) in [5.41, 5.74) is 5.89. The van der Waals surface area contributed by atoms with Gasteiger partial charge < -0.3 is 20.9 Å². The van der Waals surface area contributed by atoms with Gasteiger partial charge in [-0.25, -0.2) is 4.98 Å². The van der Waals surface area contributed by atoms with Crippen molar-refractivity contribution in [3.8, 4) is 0 Å². The molecule has 5 N–H and O–H groups in total. The average molecular weight is 241 g/mol. The number of nitrogens with one attached hydrogen (secondary N) is 1. The summed E-state index contributed by atoms with van der Waals surface area (Å²) < 4.78 is 0. The fourth-order valence-corrected chi connectivity index (χ4v) is 1.47. The maximum Gasteiger partial charge on any atom is 0.320 e. The molecule has 1 aromatic heterocycles. The van der Waals surface area contributed by atoms with Crippen LogP contribution in [0.1, 0.15) is 30.8 Å². The summed E-state index contributed by atoms with van der Waals surface area (Å²) in [6.45, 7) is 1.74. The second-order valence-corrected chi connectivity index (χ2v) is 3.74. The van der Waals surface area contributed by atoms with Crippen LogP contribution in [0.2, 0.25) is 0 Å². The quantitative estimate of drug-likeness (QED) is 0.552. The van der Waals surface area contributed by atoms with E-state index < -0.39 is 23.9 Å². The molecule has 0 aromatic carbocycles. The number of hydrogen-bond donors (Lipinski definition) is 4. The SMILES string of the molecule is CCC(C(=O)O)c1ncc(CC(N)C(=O)O)[nH]1. The molecule has 0 spiro atoms. The average Bonchev–Trinajstić information content (AvgIpc) is 2.66. The van der Waals surface area contributed by atoms with Gasteiger partial charge in [0.1, 0.15) is 17.8 Å². The van der Waals surface area contributed by atoms with Gasteiger partial charge in [0, 0.05) is 18.3 Å². The fraction of sp³-hybridized carbons (Fsp3) is 0.500. The molecule has 0 saturated carbocycles. The molecule has 0 aliphatic carbocycles. The highest BCUT2D eigenvalue weighted by molar-refractivity contribution is 5.75. The number of rotatable bonds is 6. The van der Waals surface area contributed by atoms with Crippen LogP contribution in [-0.2, 0) is 16.0 Å². The Morgan fingerprint density at radius 2 is 2.12 bits per heavy atom. The van der Waals surface area contributed by atoms with E-state index in [2.05, 4.69) is 9.97 Å². The number of nitrogens with zero attached hydrogens (tertiary/aromatic N) is 1. The molecule has 1 rings (SSSR count). The zero-order valence-corrected chi connectivity index (χ0v) is 9.38. The highest BCUT2D eigenvalue weighted by Crippen LogP contribution is 2.16. The zero-order valence-electron chi connectivity index (χ0n) is 9.38. The maximum absolute atomic E-state index is 10.9. The van der Waals surface area contributed by atoms with E-state index >= 15 is 0 Å². The molecule has 2 unspecified atom stereocenters. The molecule has 0 radical (unpaired) electrons.